The molecule has 2 N–H and O–H groups in total. The van der Waals surface area contributed by atoms with E-state index in [1.165, 1.54) is 11.9 Å². The molecule has 0 saturated heterocycles. The van der Waals surface area contributed by atoms with Gasteiger partial charge in [-0.2, -0.15) is 5.10 Å². The molecule has 2 heterocycles. The number of hydrogen-bond donors (Lipinski definition) is 2. The molecule has 7 heteroatoms. The van der Waals surface area contributed by atoms with E-state index < -0.39 is 12.0 Å². The van der Waals surface area contributed by atoms with E-state index in [1.54, 1.807) is 6.20 Å². The summed E-state index contributed by atoms with van der Waals surface area (Å²) in [6.45, 7) is 3.76. The first kappa shape index (κ1) is 17.6. The second-order valence-corrected chi connectivity index (χ2v) is 7.58. The topological polar surface area (TPSA) is 80.3 Å². The number of benzene rings is 2. The number of hydrogen-bond acceptors (Lipinski definition) is 5. The van der Waals surface area contributed by atoms with Gasteiger partial charge in [-0.3, -0.25) is 4.79 Å². The molecular weight excluding hydrogens is 362 g/mol. The average Bonchev–Trinajstić information content (AvgIpc) is 3.28. The number of fused-ring (bicyclic) bond motifs is 3. The quantitative estimate of drug-likeness (QED) is 0.480. The Morgan fingerprint density at radius 1 is 1.19 bits per heavy atom. The van der Waals surface area contributed by atoms with Crippen LogP contribution in [-0.2, 0) is 4.79 Å². The van der Waals surface area contributed by atoms with Gasteiger partial charge in [0, 0.05) is 28.1 Å². The van der Waals surface area contributed by atoms with Crippen molar-refractivity contribution in [3.63, 3.8) is 0 Å². The predicted octanol–water partition coefficient (Wildman–Crippen LogP) is 4.48. The molecule has 6 nitrogen and oxygen atoms in total. The number of furan rings is 1. The SMILES string of the molecule is CC(C)C(NSc1ccc2c(c1)oc1ccc(-n3cccn3)cc12)C(=O)O. The second kappa shape index (κ2) is 7.09. The Balaban J connectivity index is 1.65. The lowest BCUT2D eigenvalue weighted by Crippen LogP contribution is -2.36. The summed E-state index contributed by atoms with van der Waals surface area (Å²) >= 11 is 1.31. The summed E-state index contributed by atoms with van der Waals surface area (Å²) in [5.41, 5.74) is 2.55. The van der Waals surface area contributed by atoms with Gasteiger partial charge in [0.05, 0.1) is 5.69 Å². The minimum atomic E-state index is -0.853. The Morgan fingerprint density at radius 3 is 2.74 bits per heavy atom. The Morgan fingerprint density at radius 2 is 2.04 bits per heavy atom. The molecule has 0 bridgehead atoms. The van der Waals surface area contributed by atoms with Crippen LogP contribution in [-0.4, -0.2) is 26.9 Å². The van der Waals surface area contributed by atoms with Gasteiger partial charge in [0.1, 0.15) is 17.2 Å². The third kappa shape index (κ3) is 3.43. The van der Waals surface area contributed by atoms with Gasteiger partial charge in [-0.05, 0) is 60.3 Å². The molecule has 0 saturated carbocycles. The highest BCUT2D eigenvalue weighted by atomic mass is 32.2. The molecule has 2 aromatic carbocycles. The van der Waals surface area contributed by atoms with Gasteiger partial charge in [-0.1, -0.05) is 13.8 Å². The number of carbonyl (C=O) groups is 1. The fraction of sp³-hybridized carbons (Fsp3) is 0.200. The highest BCUT2D eigenvalue weighted by molar-refractivity contribution is 7.97. The number of carboxylic acid groups (broad SMARTS) is 1. The maximum atomic E-state index is 11.3. The minimum absolute atomic E-state index is 0.00866. The molecule has 0 aliphatic carbocycles. The molecule has 0 spiro atoms. The number of rotatable bonds is 6. The van der Waals surface area contributed by atoms with Gasteiger partial charge < -0.3 is 9.52 Å². The van der Waals surface area contributed by atoms with Gasteiger partial charge in [0.2, 0.25) is 0 Å². The van der Waals surface area contributed by atoms with E-state index in [0.717, 1.165) is 32.5 Å². The average molecular weight is 381 g/mol. The first-order valence-electron chi connectivity index (χ1n) is 8.64. The van der Waals surface area contributed by atoms with Crippen LogP contribution in [0.1, 0.15) is 13.8 Å². The van der Waals surface area contributed by atoms with Crippen molar-refractivity contribution in [3.8, 4) is 5.69 Å². The third-order valence-corrected chi connectivity index (χ3v) is 5.29. The van der Waals surface area contributed by atoms with Crippen molar-refractivity contribution in [3.05, 3.63) is 54.9 Å². The van der Waals surface area contributed by atoms with Crippen LogP contribution in [0.25, 0.3) is 27.6 Å². The summed E-state index contributed by atoms with van der Waals surface area (Å²) in [6, 6.07) is 13.1. The Kier molecular flexibility index (Phi) is 4.63. The van der Waals surface area contributed by atoms with E-state index >= 15 is 0 Å². The maximum Gasteiger partial charge on any atom is 0.321 e. The summed E-state index contributed by atoms with van der Waals surface area (Å²) in [4.78, 5) is 12.2. The van der Waals surface area contributed by atoms with Gasteiger partial charge >= 0.3 is 5.97 Å². The van der Waals surface area contributed by atoms with Crippen molar-refractivity contribution >= 4 is 39.9 Å². The Hall–Kier alpha value is -2.77. The van der Waals surface area contributed by atoms with E-state index in [-0.39, 0.29) is 5.92 Å². The van der Waals surface area contributed by atoms with E-state index in [1.807, 2.05) is 61.1 Å². The Bertz CT molecular complexity index is 1100. The molecule has 4 rings (SSSR count). The fourth-order valence-corrected chi connectivity index (χ4v) is 3.91. The van der Waals surface area contributed by atoms with E-state index in [2.05, 4.69) is 15.9 Å². The molecule has 1 unspecified atom stereocenters. The zero-order valence-corrected chi connectivity index (χ0v) is 15.7. The zero-order chi connectivity index (χ0) is 19.0. The molecule has 2 aromatic heterocycles. The van der Waals surface area contributed by atoms with Crippen molar-refractivity contribution < 1.29 is 14.3 Å². The van der Waals surface area contributed by atoms with Crippen LogP contribution in [0, 0.1) is 5.92 Å². The molecule has 1 atom stereocenters. The zero-order valence-electron chi connectivity index (χ0n) is 14.9. The number of aromatic nitrogens is 2. The van der Waals surface area contributed by atoms with Crippen LogP contribution in [0.2, 0.25) is 0 Å². The van der Waals surface area contributed by atoms with E-state index in [0.29, 0.717) is 0 Å². The molecule has 0 fully saturated rings. The minimum Gasteiger partial charge on any atom is -0.480 e. The molecule has 27 heavy (non-hydrogen) atoms. The van der Waals surface area contributed by atoms with Crippen LogP contribution >= 0.6 is 11.9 Å². The van der Waals surface area contributed by atoms with Crippen LogP contribution in [0.3, 0.4) is 0 Å². The van der Waals surface area contributed by atoms with Crippen LogP contribution in [0.15, 0.2) is 64.2 Å². The number of carboxylic acids is 1. The van der Waals surface area contributed by atoms with Gasteiger partial charge in [0.15, 0.2) is 0 Å². The van der Waals surface area contributed by atoms with Gasteiger partial charge in [-0.25, -0.2) is 9.40 Å². The molecule has 138 valence electrons. The van der Waals surface area contributed by atoms with Crippen LogP contribution < -0.4 is 4.72 Å². The van der Waals surface area contributed by atoms with E-state index in [4.69, 9.17) is 4.42 Å². The smallest absolute Gasteiger partial charge is 0.321 e. The molecule has 0 aliphatic heterocycles. The van der Waals surface area contributed by atoms with Crippen molar-refractivity contribution in [2.45, 2.75) is 24.8 Å². The molecule has 4 aromatic rings. The molecule has 0 aliphatic rings. The van der Waals surface area contributed by atoms with E-state index in [9.17, 15) is 9.90 Å². The first-order chi connectivity index (χ1) is 13.0. The lowest BCUT2D eigenvalue weighted by molar-refractivity contribution is -0.139. The van der Waals surface area contributed by atoms with Crippen LogP contribution in [0.5, 0.6) is 0 Å². The molecule has 0 amide bonds. The lowest BCUT2D eigenvalue weighted by atomic mass is 10.1. The lowest BCUT2D eigenvalue weighted by Gasteiger charge is -2.16. The highest BCUT2D eigenvalue weighted by Crippen LogP contribution is 2.32. The molecular formula is C20H19N3O3S. The predicted molar refractivity (Wildman–Crippen MR) is 106 cm³/mol. The Labute approximate surface area is 160 Å². The van der Waals surface area contributed by atoms with Gasteiger partial charge in [0.25, 0.3) is 0 Å². The number of aliphatic carboxylic acids is 1. The summed E-state index contributed by atoms with van der Waals surface area (Å²) in [7, 11) is 0. The van der Waals surface area contributed by atoms with Crippen LogP contribution in [0.4, 0.5) is 0 Å². The second-order valence-electron chi connectivity index (χ2n) is 6.67. The fourth-order valence-electron chi connectivity index (χ4n) is 2.98. The largest absolute Gasteiger partial charge is 0.480 e. The standard InChI is InChI=1S/C20H19N3O3S/c1-12(2)19(20(24)25)22-27-14-5-6-15-16-10-13(23-9-3-8-21-23)4-7-17(16)26-18(15)11-14/h3-12,19,22H,1-2H3,(H,24,25). The number of nitrogens with one attached hydrogen (secondary N) is 1. The number of nitrogens with zero attached hydrogens (tertiary/aromatic N) is 2. The third-order valence-electron chi connectivity index (χ3n) is 4.43. The highest BCUT2D eigenvalue weighted by Gasteiger charge is 2.21. The monoisotopic (exact) mass is 381 g/mol. The maximum absolute atomic E-state index is 11.3. The normalized spacial score (nSPS) is 12.9. The van der Waals surface area contributed by atoms with Gasteiger partial charge in [-0.15, -0.1) is 0 Å². The summed E-state index contributed by atoms with van der Waals surface area (Å²) in [6.07, 6.45) is 3.65. The van der Waals surface area contributed by atoms with Crippen molar-refractivity contribution in [1.82, 2.24) is 14.5 Å². The summed E-state index contributed by atoms with van der Waals surface area (Å²) < 4.78 is 10.8. The summed E-state index contributed by atoms with van der Waals surface area (Å²) in [5.74, 6) is -0.862. The van der Waals surface area contributed by atoms with Crippen molar-refractivity contribution in [2.24, 2.45) is 5.92 Å². The summed E-state index contributed by atoms with van der Waals surface area (Å²) in [5, 5.41) is 15.6. The van der Waals surface area contributed by atoms with Crippen molar-refractivity contribution in [2.75, 3.05) is 0 Å². The molecule has 0 radical (unpaired) electrons. The first-order valence-corrected chi connectivity index (χ1v) is 9.46. The van der Waals surface area contributed by atoms with Crippen molar-refractivity contribution in [1.29, 1.82) is 0 Å².